The molecular weight excluding hydrogens is 332 g/mol. The van der Waals surface area contributed by atoms with E-state index in [0.29, 0.717) is 11.5 Å². The van der Waals surface area contributed by atoms with Gasteiger partial charge in [-0.2, -0.15) is 0 Å². The van der Waals surface area contributed by atoms with Crippen LogP contribution in [0.1, 0.15) is 28.5 Å². The van der Waals surface area contributed by atoms with Crippen molar-refractivity contribution in [3.8, 4) is 0 Å². The van der Waals surface area contributed by atoms with E-state index in [2.05, 4.69) is 36.5 Å². The van der Waals surface area contributed by atoms with Gasteiger partial charge in [-0.1, -0.05) is 15.9 Å². The van der Waals surface area contributed by atoms with Gasteiger partial charge in [0.1, 0.15) is 11.5 Å². The van der Waals surface area contributed by atoms with Crippen LogP contribution in [0.5, 0.6) is 0 Å². The van der Waals surface area contributed by atoms with Crippen LogP contribution >= 0.6 is 15.9 Å². The Morgan fingerprint density at radius 1 is 1.19 bits per heavy atom. The smallest absolute Gasteiger partial charge is 0.275 e. The third-order valence-electron chi connectivity index (χ3n) is 2.98. The van der Waals surface area contributed by atoms with E-state index in [9.17, 15) is 4.79 Å². The van der Waals surface area contributed by atoms with Gasteiger partial charge in [-0.25, -0.2) is 9.97 Å². The first-order valence-electron chi connectivity index (χ1n) is 6.65. The number of benzene rings is 1. The van der Waals surface area contributed by atoms with Gasteiger partial charge >= 0.3 is 0 Å². The standard InChI is InChI=1S/C15H17BrN4O/c1-4-17-13-8-18-12(7-19-13)15(21)20-14-9(2)5-11(16)6-10(14)3/h5-8H,4H2,1-3H3,(H,17,19)(H,20,21). The van der Waals surface area contributed by atoms with Gasteiger partial charge < -0.3 is 10.6 Å². The van der Waals surface area contributed by atoms with Crippen molar-refractivity contribution in [3.63, 3.8) is 0 Å². The Kier molecular flexibility index (Phi) is 4.90. The normalized spacial score (nSPS) is 10.3. The molecule has 0 spiro atoms. The van der Waals surface area contributed by atoms with Crippen LogP contribution in [0.2, 0.25) is 0 Å². The third-order valence-corrected chi connectivity index (χ3v) is 3.44. The Morgan fingerprint density at radius 2 is 1.86 bits per heavy atom. The molecule has 0 bridgehead atoms. The molecule has 5 nitrogen and oxygen atoms in total. The minimum absolute atomic E-state index is 0.265. The van der Waals surface area contributed by atoms with E-state index in [1.54, 1.807) is 6.20 Å². The molecule has 1 heterocycles. The minimum atomic E-state index is -0.265. The SMILES string of the molecule is CCNc1cnc(C(=O)Nc2c(C)cc(Br)cc2C)cn1. The largest absolute Gasteiger partial charge is 0.369 e. The van der Waals surface area contributed by atoms with Gasteiger partial charge in [0.05, 0.1) is 12.4 Å². The zero-order chi connectivity index (χ0) is 15.4. The minimum Gasteiger partial charge on any atom is -0.369 e. The molecule has 2 rings (SSSR count). The van der Waals surface area contributed by atoms with Crippen LogP contribution in [0.25, 0.3) is 0 Å². The molecular formula is C15H17BrN4O. The number of hydrogen-bond donors (Lipinski definition) is 2. The molecule has 1 aromatic carbocycles. The maximum atomic E-state index is 12.2. The lowest BCUT2D eigenvalue weighted by Crippen LogP contribution is -2.16. The second kappa shape index (κ2) is 6.67. The van der Waals surface area contributed by atoms with Crippen molar-refractivity contribution in [2.45, 2.75) is 20.8 Å². The molecule has 0 fully saturated rings. The van der Waals surface area contributed by atoms with Crippen LogP contribution in [-0.4, -0.2) is 22.4 Å². The third kappa shape index (κ3) is 3.78. The van der Waals surface area contributed by atoms with Crippen LogP contribution in [0, 0.1) is 13.8 Å². The number of amides is 1. The van der Waals surface area contributed by atoms with Gasteiger partial charge in [-0.05, 0) is 44.0 Å². The summed E-state index contributed by atoms with van der Waals surface area (Å²) in [5.41, 5.74) is 3.08. The second-order valence-electron chi connectivity index (χ2n) is 4.69. The fourth-order valence-electron chi connectivity index (χ4n) is 2.00. The zero-order valence-electron chi connectivity index (χ0n) is 12.2. The number of nitrogens with one attached hydrogen (secondary N) is 2. The molecule has 0 saturated carbocycles. The molecule has 0 radical (unpaired) electrons. The lowest BCUT2D eigenvalue weighted by Gasteiger charge is -2.12. The number of rotatable bonds is 4. The molecule has 6 heteroatoms. The van der Waals surface area contributed by atoms with Crippen molar-refractivity contribution < 1.29 is 4.79 Å². The number of carbonyl (C=O) groups is 1. The summed E-state index contributed by atoms with van der Waals surface area (Å²) in [6.07, 6.45) is 3.02. The number of nitrogens with zero attached hydrogens (tertiary/aromatic N) is 2. The van der Waals surface area contributed by atoms with Gasteiger partial charge in [-0.15, -0.1) is 0 Å². The van der Waals surface area contributed by atoms with Crippen molar-refractivity contribution in [1.82, 2.24) is 9.97 Å². The number of anilines is 2. The predicted octanol–water partition coefficient (Wildman–Crippen LogP) is 3.54. The number of hydrogen-bond acceptors (Lipinski definition) is 4. The number of aryl methyl sites for hydroxylation is 2. The Labute approximate surface area is 132 Å². The molecule has 1 amide bonds. The van der Waals surface area contributed by atoms with E-state index >= 15 is 0 Å². The van der Waals surface area contributed by atoms with Crippen LogP contribution in [0.15, 0.2) is 29.0 Å². The van der Waals surface area contributed by atoms with Crippen molar-refractivity contribution in [2.75, 3.05) is 17.2 Å². The summed E-state index contributed by atoms with van der Waals surface area (Å²) in [5.74, 6) is 0.393. The molecule has 1 aromatic heterocycles. The highest BCUT2D eigenvalue weighted by Crippen LogP contribution is 2.25. The summed E-state index contributed by atoms with van der Waals surface area (Å²) in [6, 6.07) is 3.92. The number of carbonyl (C=O) groups excluding carboxylic acids is 1. The molecule has 2 aromatic rings. The van der Waals surface area contributed by atoms with E-state index in [4.69, 9.17) is 0 Å². The van der Waals surface area contributed by atoms with E-state index < -0.39 is 0 Å². The summed E-state index contributed by atoms with van der Waals surface area (Å²) in [5, 5.41) is 5.93. The van der Waals surface area contributed by atoms with Gasteiger partial charge in [0.25, 0.3) is 5.91 Å². The molecule has 0 saturated heterocycles. The molecule has 0 aliphatic rings. The second-order valence-corrected chi connectivity index (χ2v) is 5.60. The maximum Gasteiger partial charge on any atom is 0.275 e. The van der Waals surface area contributed by atoms with Crippen molar-refractivity contribution >= 4 is 33.3 Å². The quantitative estimate of drug-likeness (QED) is 0.886. The molecule has 0 aliphatic carbocycles. The Morgan fingerprint density at radius 3 is 2.38 bits per heavy atom. The summed E-state index contributed by atoms with van der Waals surface area (Å²) >= 11 is 3.44. The number of aromatic nitrogens is 2. The average molecular weight is 349 g/mol. The van der Waals surface area contributed by atoms with E-state index in [1.807, 2.05) is 32.9 Å². The highest BCUT2D eigenvalue weighted by Gasteiger charge is 2.12. The first kappa shape index (κ1) is 15.4. The summed E-state index contributed by atoms with van der Waals surface area (Å²) < 4.78 is 0.991. The molecule has 0 atom stereocenters. The van der Waals surface area contributed by atoms with Crippen molar-refractivity contribution in [1.29, 1.82) is 0 Å². The fourth-order valence-corrected chi connectivity index (χ4v) is 2.69. The predicted molar refractivity (Wildman–Crippen MR) is 87.8 cm³/mol. The average Bonchev–Trinajstić information content (AvgIpc) is 2.43. The Balaban J connectivity index is 2.18. The molecule has 110 valence electrons. The first-order valence-corrected chi connectivity index (χ1v) is 7.44. The molecule has 2 N–H and O–H groups in total. The topological polar surface area (TPSA) is 66.9 Å². The van der Waals surface area contributed by atoms with Crippen molar-refractivity contribution in [2.24, 2.45) is 0 Å². The van der Waals surface area contributed by atoms with Gasteiger partial charge in [0.15, 0.2) is 0 Å². The summed E-state index contributed by atoms with van der Waals surface area (Å²) in [7, 11) is 0. The van der Waals surface area contributed by atoms with E-state index in [0.717, 1.165) is 27.8 Å². The fraction of sp³-hybridized carbons (Fsp3) is 0.267. The zero-order valence-corrected chi connectivity index (χ0v) is 13.8. The molecule has 0 aliphatic heterocycles. The lowest BCUT2D eigenvalue weighted by molar-refractivity contribution is 0.102. The number of halogens is 1. The van der Waals surface area contributed by atoms with Crippen LogP contribution in [0.4, 0.5) is 11.5 Å². The van der Waals surface area contributed by atoms with E-state index in [-0.39, 0.29) is 5.91 Å². The Bertz CT molecular complexity index is 632. The lowest BCUT2D eigenvalue weighted by atomic mass is 10.1. The Hall–Kier alpha value is -1.95. The summed E-state index contributed by atoms with van der Waals surface area (Å²) in [6.45, 7) is 6.64. The van der Waals surface area contributed by atoms with Gasteiger partial charge in [-0.3, -0.25) is 4.79 Å². The highest BCUT2D eigenvalue weighted by molar-refractivity contribution is 9.10. The first-order chi connectivity index (χ1) is 10.0. The summed E-state index contributed by atoms with van der Waals surface area (Å²) in [4.78, 5) is 20.5. The molecule has 21 heavy (non-hydrogen) atoms. The van der Waals surface area contributed by atoms with E-state index in [1.165, 1.54) is 6.20 Å². The monoisotopic (exact) mass is 348 g/mol. The van der Waals surface area contributed by atoms with Crippen LogP contribution < -0.4 is 10.6 Å². The van der Waals surface area contributed by atoms with Crippen LogP contribution in [-0.2, 0) is 0 Å². The highest BCUT2D eigenvalue weighted by atomic mass is 79.9. The van der Waals surface area contributed by atoms with Crippen molar-refractivity contribution in [3.05, 3.63) is 45.8 Å². The van der Waals surface area contributed by atoms with Gasteiger partial charge in [0.2, 0.25) is 0 Å². The maximum absolute atomic E-state index is 12.2. The molecule has 0 unspecified atom stereocenters. The van der Waals surface area contributed by atoms with Gasteiger partial charge in [0, 0.05) is 16.7 Å². The van der Waals surface area contributed by atoms with Crippen LogP contribution in [0.3, 0.4) is 0 Å².